The first-order chi connectivity index (χ1) is 8.08. The maximum absolute atomic E-state index is 12.2. The topological polar surface area (TPSA) is 37.3 Å². The van der Waals surface area contributed by atoms with E-state index in [0.29, 0.717) is 16.8 Å². The SMILES string of the molecule is CN(CC1CCCN1)C(=O)c1cc(Cl)cn1C. The third-order valence-electron chi connectivity index (χ3n) is 3.19. The van der Waals surface area contributed by atoms with E-state index in [9.17, 15) is 4.79 Å². The Bertz CT molecular complexity index is 410. The molecule has 1 N–H and O–H groups in total. The Morgan fingerprint density at radius 2 is 2.47 bits per heavy atom. The second-order valence-electron chi connectivity index (χ2n) is 4.63. The van der Waals surface area contributed by atoms with Crippen molar-refractivity contribution in [1.29, 1.82) is 0 Å². The van der Waals surface area contributed by atoms with Crippen LogP contribution in [0.25, 0.3) is 0 Å². The Morgan fingerprint density at radius 1 is 1.71 bits per heavy atom. The summed E-state index contributed by atoms with van der Waals surface area (Å²) < 4.78 is 1.77. The van der Waals surface area contributed by atoms with Crippen molar-refractivity contribution < 1.29 is 4.79 Å². The van der Waals surface area contributed by atoms with E-state index in [4.69, 9.17) is 11.6 Å². The molecule has 2 heterocycles. The van der Waals surface area contributed by atoms with E-state index in [0.717, 1.165) is 19.5 Å². The van der Waals surface area contributed by atoms with Crippen molar-refractivity contribution in [3.05, 3.63) is 23.0 Å². The highest BCUT2D eigenvalue weighted by molar-refractivity contribution is 6.31. The lowest BCUT2D eigenvalue weighted by Gasteiger charge is -2.21. The molecule has 17 heavy (non-hydrogen) atoms. The lowest BCUT2D eigenvalue weighted by atomic mass is 10.2. The molecular formula is C12H18ClN3O. The van der Waals surface area contributed by atoms with Crippen molar-refractivity contribution >= 4 is 17.5 Å². The molecule has 5 heteroatoms. The number of halogens is 1. The third-order valence-corrected chi connectivity index (χ3v) is 3.40. The zero-order valence-electron chi connectivity index (χ0n) is 10.2. The smallest absolute Gasteiger partial charge is 0.270 e. The molecule has 1 amide bonds. The first-order valence-electron chi connectivity index (χ1n) is 5.88. The second kappa shape index (κ2) is 5.10. The minimum Gasteiger partial charge on any atom is -0.345 e. The number of hydrogen-bond donors (Lipinski definition) is 1. The molecule has 0 bridgehead atoms. The minimum atomic E-state index is 0.0214. The summed E-state index contributed by atoms with van der Waals surface area (Å²) in [5, 5.41) is 3.99. The number of aromatic nitrogens is 1. The summed E-state index contributed by atoms with van der Waals surface area (Å²) in [4.78, 5) is 13.9. The number of carbonyl (C=O) groups excluding carboxylic acids is 1. The quantitative estimate of drug-likeness (QED) is 0.889. The number of amides is 1. The van der Waals surface area contributed by atoms with Crippen LogP contribution in [0.15, 0.2) is 12.3 Å². The van der Waals surface area contributed by atoms with Gasteiger partial charge in [-0.3, -0.25) is 4.79 Å². The molecule has 1 aliphatic heterocycles. The molecule has 4 nitrogen and oxygen atoms in total. The first kappa shape index (κ1) is 12.5. The Morgan fingerprint density at radius 3 is 3.00 bits per heavy atom. The Balaban J connectivity index is 2.01. The van der Waals surface area contributed by atoms with Gasteiger partial charge in [-0.15, -0.1) is 0 Å². The van der Waals surface area contributed by atoms with Gasteiger partial charge >= 0.3 is 0 Å². The Hall–Kier alpha value is -1.00. The summed E-state index contributed by atoms with van der Waals surface area (Å²) in [7, 11) is 3.67. The molecule has 0 aliphatic carbocycles. The largest absolute Gasteiger partial charge is 0.345 e. The molecule has 1 unspecified atom stereocenters. The summed E-state index contributed by atoms with van der Waals surface area (Å²) in [6.45, 7) is 1.81. The average Bonchev–Trinajstić information content (AvgIpc) is 2.87. The highest BCUT2D eigenvalue weighted by atomic mass is 35.5. The fraction of sp³-hybridized carbons (Fsp3) is 0.583. The highest BCUT2D eigenvalue weighted by Crippen LogP contribution is 2.15. The van der Waals surface area contributed by atoms with Gasteiger partial charge in [0.25, 0.3) is 5.91 Å². The highest BCUT2D eigenvalue weighted by Gasteiger charge is 2.21. The van der Waals surface area contributed by atoms with Gasteiger partial charge < -0.3 is 14.8 Å². The predicted molar refractivity (Wildman–Crippen MR) is 68.4 cm³/mol. The van der Waals surface area contributed by atoms with Crippen LogP contribution in [0.5, 0.6) is 0 Å². The Kier molecular flexibility index (Phi) is 3.74. The molecule has 0 saturated carbocycles. The van der Waals surface area contributed by atoms with Gasteiger partial charge in [-0.25, -0.2) is 0 Å². The van der Waals surface area contributed by atoms with Crippen LogP contribution in [0, 0.1) is 0 Å². The van der Waals surface area contributed by atoms with E-state index < -0.39 is 0 Å². The number of nitrogens with zero attached hydrogens (tertiary/aromatic N) is 2. The molecule has 1 atom stereocenters. The number of aryl methyl sites for hydroxylation is 1. The molecule has 1 fully saturated rings. The molecule has 0 radical (unpaired) electrons. The summed E-state index contributed by atoms with van der Waals surface area (Å²) >= 11 is 5.88. The van der Waals surface area contributed by atoms with E-state index in [1.807, 2.05) is 14.1 Å². The standard InChI is InChI=1S/C12H18ClN3O/c1-15-7-9(13)6-11(15)12(17)16(2)8-10-4-3-5-14-10/h6-7,10,14H,3-5,8H2,1-2H3. The van der Waals surface area contributed by atoms with Crippen LogP contribution in [-0.4, -0.2) is 41.6 Å². The molecule has 0 aromatic carbocycles. The number of hydrogen-bond acceptors (Lipinski definition) is 2. The summed E-state index contributed by atoms with van der Waals surface area (Å²) in [6.07, 6.45) is 4.09. The summed E-state index contributed by atoms with van der Waals surface area (Å²) in [5.41, 5.74) is 0.635. The molecule has 1 aromatic heterocycles. The number of nitrogens with one attached hydrogen (secondary N) is 1. The Labute approximate surface area is 107 Å². The minimum absolute atomic E-state index is 0.0214. The summed E-state index contributed by atoms with van der Waals surface area (Å²) in [5.74, 6) is 0.0214. The van der Waals surface area contributed by atoms with E-state index in [1.54, 1.807) is 21.7 Å². The molecule has 1 aliphatic rings. The molecule has 1 saturated heterocycles. The average molecular weight is 256 g/mol. The van der Waals surface area contributed by atoms with Crippen LogP contribution in [0.1, 0.15) is 23.3 Å². The van der Waals surface area contributed by atoms with Crippen LogP contribution in [0.3, 0.4) is 0 Å². The maximum atomic E-state index is 12.2. The van der Waals surface area contributed by atoms with E-state index in [2.05, 4.69) is 5.32 Å². The molecular weight excluding hydrogens is 238 g/mol. The van der Waals surface area contributed by atoms with Crippen LogP contribution >= 0.6 is 11.6 Å². The first-order valence-corrected chi connectivity index (χ1v) is 6.26. The van der Waals surface area contributed by atoms with Gasteiger partial charge in [-0.2, -0.15) is 0 Å². The molecule has 94 valence electrons. The van der Waals surface area contributed by atoms with Gasteiger partial charge in [0.05, 0.1) is 5.02 Å². The monoisotopic (exact) mass is 255 g/mol. The second-order valence-corrected chi connectivity index (χ2v) is 5.07. The van der Waals surface area contributed by atoms with Crippen molar-refractivity contribution in [2.24, 2.45) is 7.05 Å². The number of carbonyl (C=O) groups is 1. The van der Waals surface area contributed by atoms with E-state index in [1.165, 1.54) is 6.42 Å². The maximum Gasteiger partial charge on any atom is 0.270 e. The van der Waals surface area contributed by atoms with Gasteiger partial charge in [0.2, 0.25) is 0 Å². The van der Waals surface area contributed by atoms with Crippen LogP contribution < -0.4 is 5.32 Å². The fourth-order valence-corrected chi connectivity index (χ4v) is 2.51. The van der Waals surface area contributed by atoms with Crippen LogP contribution in [-0.2, 0) is 7.05 Å². The van der Waals surface area contributed by atoms with E-state index >= 15 is 0 Å². The van der Waals surface area contributed by atoms with Gasteiger partial charge in [0, 0.05) is 32.9 Å². The van der Waals surface area contributed by atoms with Gasteiger partial charge in [0.1, 0.15) is 5.69 Å². The van der Waals surface area contributed by atoms with Crippen molar-refractivity contribution in [2.75, 3.05) is 20.1 Å². The van der Waals surface area contributed by atoms with Gasteiger partial charge in [-0.1, -0.05) is 11.6 Å². The van der Waals surface area contributed by atoms with Crippen molar-refractivity contribution in [2.45, 2.75) is 18.9 Å². The van der Waals surface area contributed by atoms with Gasteiger partial charge in [-0.05, 0) is 25.5 Å². The normalized spacial score (nSPS) is 19.6. The zero-order valence-corrected chi connectivity index (χ0v) is 11.0. The van der Waals surface area contributed by atoms with Crippen molar-refractivity contribution in [3.63, 3.8) is 0 Å². The predicted octanol–water partition coefficient (Wildman–Crippen LogP) is 1.50. The molecule has 1 aromatic rings. The summed E-state index contributed by atoms with van der Waals surface area (Å²) in [6, 6.07) is 2.14. The number of rotatable bonds is 3. The van der Waals surface area contributed by atoms with E-state index in [-0.39, 0.29) is 5.91 Å². The number of likely N-dealkylation sites (N-methyl/N-ethyl adjacent to an activating group) is 1. The fourth-order valence-electron chi connectivity index (χ4n) is 2.26. The van der Waals surface area contributed by atoms with Gasteiger partial charge in [0.15, 0.2) is 0 Å². The molecule has 2 rings (SSSR count). The lowest BCUT2D eigenvalue weighted by Crippen LogP contribution is -2.39. The third kappa shape index (κ3) is 2.82. The van der Waals surface area contributed by atoms with Crippen LogP contribution in [0.2, 0.25) is 5.02 Å². The molecule has 0 spiro atoms. The van der Waals surface area contributed by atoms with Crippen molar-refractivity contribution in [3.8, 4) is 0 Å². The van der Waals surface area contributed by atoms with Crippen LogP contribution in [0.4, 0.5) is 0 Å². The van der Waals surface area contributed by atoms with Crippen molar-refractivity contribution in [1.82, 2.24) is 14.8 Å². The lowest BCUT2D eigenvalue weighted by molar-refractivity contribution is 0.0774. The zero-order chi connectivity index (χ0) is 12.4.